The van der Waals surface area contributed by atoms with Crippen LogP contribution < -0.4 is 0 Å². The summed E-state index contributed by atoms with van der Waals surface area (Å²) in [5.41, 5.74) is 0.640. The van der Waals surface area contributed by atoms with Gasteiger partial charge >= 0.3 is 5.97 Å². The molecule has 0 saturated heterocycles. The van der Waals surface area contributed by atoms with Gasteiger partial charge in [0.15, 0.2) is 20.4 Å². The molecule has 2 unspecified atom stereocenters. The van der Waals surface area contributed by atoms with Crippen LogP contribution in [0.3, 0.4) is 0 Å². The molecule has 4 nitrogen and oxygen atoms in total. The minimum absolute atomic E-state index is 0.00472. The molecule has 2 aliphatic rings. The molecule has 0 aromatic heterocycles. The van der Waals surface area contributed by atoms with E-state index < -0.39 is 6.10 Å². The number of hydrogen-bond donors (Lipinski definition) is 0. The topological polar surface area (TPSA) is 46.6 Å². The third-order valence-corrected chi connectivity index (χ3v) is 3.10. The number of rotatable bonds is 3. The summed E-state index contributed by atoms with van der Waals surface area (Å²) < 4.78 is 5.00. The van der Waals surface area contributed by atoms with E-state index in [9.17, 15) is 9.59 Å². The van der Waals surface area contributed by atoms with Crippen molar-refractivity contribution in [3.63, 3.8) is 0 Å². The first-order valence-electron chi connectivity index (χ1n) is 5.40. The highest BCUT2D eigenvalue weighted by molar-refractivity contribution is 6.07. The molecule has 0 amide bonds. The highest BCUT2D eigenvalue weighted by Crippen LogP contribution is 2.29. The molecule has 2 bridgehead atoms. The quantitative estimate of drug-likeness (QED) is 0.280. The van der Waals surface area contributed by atoms with Gasteiger partial charge in [0.25, 0.3) is 0 Å². The molecule has 3 atom stereocenters. The van der Waals surface area contributed by atoms with Gasteiger partial charge in [0.1, 0.15) is 0 Å². The molecule has 0 aliphatic carbocycles. The van der Waals surface area contributed by atoms with Gasteiger partial charge in [-0.15, -0.1) is 0 Å². The molecular weight excluding hydrogens is 205 g/mol. The van der Waals surface area contributed by atoms with Crippen LogP contribution in [-0.4, -0.2) is 43.2 Å². The molecule has 2 heterocycles. The van der Waals surface area contributed by atoms with Crippen LogP contribution in [0.4, 0.5) is 0 Å². The second-order valence-electron chi connectivity index (χ2n) is 4.20. The number of carbonyl (C=O) groups excluding carboxylic acids is 2. The Labute approximate surface area is 95.4 Å². The van der Waals surface area contributed by atoms with Crippen LogP contribution in [-0.2, 0) is 14.3 Å². The van der Waals surface area contributed by atoms with Crippen molar-refractivity contribution < 1.29 is 14.3 Å². The van der Waals surface area contributed by atoms with E-state index in [1.807, 2.05) is 20.1 Å². The third kappa shape index (κ3) is 1.83. The maximum atomic E-state index is 11.8. The third-order valence-electron chi connectivity index (χ3n) is 3.10. The predicted octanol–water partition coefficient (Wildman–Crippen LogP) is -0.396. The maximum Gasteiger partial charge on any atom is 0.336 e. The Hall–Kier alpha value is -1.36. The Kier molecular flexibility index (Phi) is 2.96. The number of esters is 1. The molecule has 0 fully saturated rings. The molecule has 0 aromatic carbocycles. The Morgan fingerprint density at radius 3 is 3.12 bits per heavy atom. The maximum absolute atomic E-state index is 11.8. The lowest BCUT2D eigenvalue weighted by atomic mass is 9.97. The summed E-state index contributed by atoms with van der Waals surface area (Å²) in [7, 11) is 1.98. The summed E-state index contributed by atoms with van der Waals surface area (Å²) in [6.07, 6.45) is 6.79. The highest BCUT2D eigenvalue weighted by Gasteiger charge is 2.34. The SMILES string of the molecule is BN1C2C=CC1C(C(=O)O[C@@H](C)C=O)=CC2. The molecule has 0 spiro atoms. The lowest BCUT2D eigenvalue weighted by molar-refractivity contribution is -0.147. The van der Waals surface area contributed by atoms with Gasteiger partial charge in [-0.05, 0) is 13.3 Å². The first-order chi connectivity index (χ1) is 7.63. The van der Waals surface area contributed by atoms with E-state index >= 15 is 0 Å². The van der Waals surface area contributed by atoms with Crippen LogP contribution in [0.2, 0.25) is 0 Å². The summed E-state index contributed by atoms with van der Waals surface area (Å²) >= 11 is 0. The lowest BCUT2D eigenvalue weighted by Crippen LogP contribution is -2.41. The number of carbonyl (C=O) groups is 2. The minimum atomic E-state index is -0.679. The van der Waals surface area contributed by atoms with Crippen molar-refractivity contribution >= 4 is 20.2 Å². The van der Waals surface area contributed by atoms with E-state index in [1.54, 1.807) is 6.92 Å². The fraction of sp³-hybridized carbons (Fsp3) is 0.455. The van der Waals surface area contributed by atoms with Crippen LogP contribution >= 0.6 is 0 Å². The summed E-state index contributed by atoms with van der Waals surface area (Å²) in [6.45, 7) is 1.56. The fourth-order valence-electron chi connectivity index (χ4n) is 2.12. The summed E-state index contributed by atoms with van der Waals surface area (Å²) in [6, 6.07) is 0.398. The molecule has 2 rings (SSSR count). The second-order valence-corrected chi connectivity index (χ2v) is 4.20. The number of nitrogens with zero attached hydrogens (tertiary/aromatic N) is 1. The molecule has 5 heteroatoms. The van der Waals surface area contributed by atoms with E-state index in [2.05, 4.69) is 10.9 Å². The molecule has 0 saturated carbocycles. The first kappa shape index (κ1) is 11.1. The monoisotopic (exact) mass is 219 g/mol. The molecule has 0 radical (unpaired) electrons. The molecule has 0 aromatic rings. The molecule has 0 N–H and O–H groups in total. The van der Waals surface area contributed by atoms with Gasteiger partial charge in [0.2, 0.25) is 0 Å². The lowest BCUT2D eigenvalue weighted by Gasteiger charge is -2.31. The predicted molar refractivity (Wildman–Crippen MR) is 61.4 cm³/mol. The van der Waals surface area contributed by atoms with Crippen LogP contribution in [0.5, 0.6) is 0 Å². The normalized spacial score (nSPS) is 29.7. The van der Waals surface area contributed by atoms with Gasteiger partial charge in [0, 0.05) is 6.04 Å². The van der Waals surface area contributed by atoms with E-state index in [4.69, 9.17) is 4.74 Å². The summed E-state index contributed by atoms with van der Waals surface area (Å²) in [5.74, 6) is -0.388. The van der Waals surface area contributed by atoms with Crippen molar-refractivity contribution in [2.75, 3.05) is 0 Å². The Bertz CT molecular complexity index is 377. The fourth-order valence-corrected chi connectivity index (χ4v) is 2.12. The Morgan fingerprint density at radius 1 is 1.69 bits per heavy atom. The average molecular weight is 219 g/mol. The van der Waals surface area contributed by atoms with Crippen LogP contribution in [0.15, 0.2) is 23.8 Å². The van der Waals surface area contributed by atoms with Crippen molar-refractivity contribution in [3.8, 4) is 0 Å². The molecule has 2 aliphatic heterocycles. The zero-order valence-corrected chi connectivity index (χ0v) is 9.42. The standard InChI is InChI=1S/C11H14BNO3/c1-7(6-14)16-11(15)9-4-2-8-3-5-10(9)13(8)12/h3-8,10H,2,12H2,1H3/t7-,8?,10?/m0/s1. The zero-order valence-electron chi connectivity index (χ0n) is 9.42. The van der Waals surface area contributed by atoms with Gasteiger partial charge in [-0.3, -0.25) is 4.79 Å². The smallest absolute Gasteiger partial charge is 0.336 e. The van der Waals surface area contributed by atoms with Crippen LogP contribution in [0.1, 0.15) is 13.3 Å². The largest absolute Gasteiger partial charge is 0.452 e. The van der Waals surface area contributed by atoms with E-state index in [1.165, 1.54) is 0 Å². The molecule has 84 valence electrons. The van der Waals surface area contributed by atoms with Crippen molar-refractivity contribution in [1.29, 1.82) is 0 Å². The highest BCUT2D eigenvalue weighted by atomic mass is 16.5. The minimum Gasteiger partial charge on any atom is -0.452 e. The van der Waals surface area contributed by atoms with Crippen molar-refractivity contribution in [2.24, 2.45) is 0 Å². The van der Waals surface area contributed by atoms with Crippen molar-refractivity contribution in [3.05, 3.63) is 23.8 Å². The van der Waals surface area contributed by atoms with Crippen molar-refractivity contribution in [2.45, 2.75) is 31.5 Å². The number of fused-ring (bicyclic) bond motifs is 2. The summed E-state index contributed by atoms with van der Waals surface area (Å²) in [4.78, 5) is 24.3. The molecule has 16 heavy (non-hydrogen) atoms. The zero-order chi connectivity index (χ0) is 11.7. The summed E-state index contributed by atoms with van der Waals surface area (Å²) in [5, 5.41) is 0. The van der Waals surface area contributed by atoms with Gasteiger partial charge in [0.05, 0.1) is 11.6 Å². The Morgan fingerprint density at radius 2 is 2.44 bits per heavy atom. The molecular formula is C11H14BNO3. The van der Waals surface area contributed by atoms with Gasteiger partial charge in [-0.25, -0.2) is 4.79 Å². The van der Waals surface area contributed by atoms with E-state index in [0.717, 1.165) is 6.42 Å². The van der Waals surface area contributed by atoms with Gasteiger partial charge < -0.3 is 9.55 Å². The second kappa shape index (κ2) is 4.25. The first-order valence-corrected chi connectivity index (χ1v) is 5.40. The number of ether oxygens (including phenoxy) is 1. The number of hydrogen-bond acceptors (Lipinski definition) is 4. The number of aldehydes is 1. The average Bonchev–Trinajstić information content (AvgIpc) is 2.53. The van der Waals surface area contributed by atoms with Crippen LogP contribution in [0, 0.1) is 0 Å². The van der Waals surface area contributed by atoms with Gasteiger partial charge in [-0.1, -0.05) is 18.2 Å². The van der Waals surface area contributed by atoms with Crippen molar-refractivity contribution in [1.82, 2.24) is 4.81 Å². The van der Waals surface area contributed by atoms with Gasteiger partial charge in [-0.2, -0.15) is 0 Å². The Balaban J connectivity index is 2.10. The van der Waals surface area contributed by atoms with E-state index in [0.29, 0.717) is 17.9 Å². The van der Waals surface area contributed by atoms with E-state index in [-0.39, 0.29) is 12.0 Å². The van der Waals surface area contributed by atoms with Crippen LogP contribution in [0.25, 0.3) is 0 Å².